The Morgan fingerprint density at radius 2 is 1.60 bits per heavy atom. The van der Waals surface area contributed by atoms with Gasteiger partial charge in [-0.1, -0.05) is 36.4 Å². The Morgan fingerprint density at radius 3 is 2.45 bits per heavy atom. The van der Waals surface area contributed by atoms with Gasteiger partial charge in [0.25, 0.3) is 0 Å². The molecular weight excluding hydrogens is 258 g/mol. The van der Waals surface area contributed by atoms with Gasteiger partial charge in [0.15, 0.2) is 5.82 Å². The first-order valence-corrected chi connectivity index (χ1v) is 6.14. The summed E-state index contributed by atoms with van der Waals surface area (Å²) in [6.07, 6.45) is 0. The van der Waals surface area contributed by atoms with Crippen LogP contribution >= 0.6 is 0 Å². The second-order valence-corrected chi connectivity index (χ2v) is 4.50. The average Bonchev–Trinajstić information content (AvgIpc) is 2.44. The summed E-state index contributed by atoms with van der Waals surface area (Å²) in [5.41, 5.74) is 6.51. The number of anilines is 3. The second kappa shape index (κ2) is 4.81. The number of hydrogen-bond acceptors (Lipinski definition) is 2. The Labute approximate surface area is 114 Å². The molecule has 0 saturated carbocycles. The number of halogens is 2. The molecule has 0 heterocycles. The summed E-state index contributed by atoms with van der Waals surface area (Å²) in [7, 11) is 0. The van der Waals surface area contributed by atoms with E-state index in [9.17, 15) is 8.78 Å². The quantitative estimate of drug-likeness (QED) is 0.675. The Kier molecular flexibility index (Phi) is 2.99. The molecule has 0 spiro atoms. The maximum atomic E-state index is 13.5. The maximum Gasteiger partial charge on any atom is 0.151 e. The lowest BCUT2D eigenvalue weighted by molar-refractivity contribution is 0.587. The third kappa shape index (κ3) is 2.16. The molecule has 3 N–H and O–H groups in total. The minimum Gasteiger partial charge on any atom is -0.395 e. The molecule has 0 atom stereocenters. The van der Waals surface area contributed by atoms with Crippen molar-refractivity contribution < 1.29 is 8.78 Å². The van der Waals surface area contributed by atoms with E-state index in [2.05, 4.69) is 5.32 Å². The van der Waals surface area contributed by atoms with Crippen LogP contribution in [0.4, 0.5) is 25.8 Å². The fourth-order valence-corrected chi connectivity index (χ4v) is 2.17. The molecule has 0 aliphatic carbocycles. The van der Waals surface area contributed by atoms with E-state index in [1.54, 1.807) is 0 Å². The van der Waals surface area contributed by atoms with Crippen molar-refractivity contribution in [2.45, 2.75) is 0 Å². The standard InChI is InChI=1S/C16H12F2N2/c17-11-8-13(18)16(19)15(9-11)20-14-7-3-5-10-4-1-2-6-12(10)14/h1-9,20H,19H2. The molecule has 0 amide bonds. The maximum absolute atomic E-state index is 13.5. The summed E-state index contributed by atoms with van der Waals surface area (Å²) in [5, 5.41) is 4.98. The van der Waals surface area contributed by atoms with Crippen molar-refractivity contribution in [2.75, 3.05) is 11.1 Å². The van der Waals surface area contributed by atoms with E-state index in [0.29, 0.717) is 0 Å². The Hall–Kier alpha value is -2.62. The lowest BCUT2D eigenvalue weighted by Gasteiger charge is -2.12. The highest BCUT2D eigenvalue weighted by atomic mass is 19.1. The lowest BCUT2D eigenvalue weighted by atomic mass is 10.1. The molecular formula is C16H12F2N2. The number of hydrogen-bond donors (Lipinski definition) is 2. The lowest BCUT2D eigenvalue weighted by Crippen LogP contribution is -2.00. The van der Waals surface area contributed by atoms with Crippen LogP contribution in [0.25, 0.3) is 10.8 Å². The molecule has 3 rings (SSSR count). The third-order valence-electron chi connectivity index (χ3n) is 3.15. The smallest absolute Gasteiger partial charge is 0.151 e. The van der Waals surface area contributed by atoms with Gasteiger partial charge in [0.2, 0.25) is 0 Å². The average molecular weight is 270 g/mol. The topological polar surface area (TPSA) is 38.0 Å². The van der Waals surface area contributed by atoms with Crippen molar-refractivity contribution in [1.82, 2.24) is 0 Å². The van der Waals surface area contributed by atoms with Gasteiger partial charge in [-0.25, -0.2) is 8.78 Å². The minimum atomic E-state index is -0.771. The highest BCUT2D eigenvalue weighted by Gasteiger charge is 2.09. The normalized spacial score (nSPS) is 10.7. The van der Waals surface area contributed by atoms with Crippen LogP contribution in [0.2, 0.25) is 0 Å². The van der Waals surface area contributed by atoms with Crippen LogP contribution in [0.5, 0.6) is 0 Å². The van der Waals surface area contributed by atoms with Crippen molar-refractivity contribution in [1.29, 1.82) is 0 Å². The van der Waals surface area contributed by atoms with E-state index >= 15 is 0 Å². The number of fused-ring (bicyclic) bond motifs is 1. The number of nitrogens with one attached hydrogen (secondary N) is 1. The van der Waals surface area contributed by atoms with E-state index < -0.39 is 11.6 Å². The number of nitrogen functional groups attached to an aromatic ring is 1. The predicted octanol–water partition coefficient (Wildman–Crippen LogP) is 4.44. The SMILES string of the molecule is Nc1c(F)cc(F)cc1Nc1cccc2ccccc12. The molecule has 3 aromatic rings. The van der Waals surface area contributed by atoms with Crippen LogP contribution in [0.1, 0.15) is 0 Å². The van der Waals surface area contributed by atoms with Crippen molar-refractivity contribution in [2.24, 2.45) is 0 Å². The van der Waals surface area contributed by atoms with Crippen LogP contribution < -0.4 is 11.1 Å². The molecule has 0 unspecified atom stereocenters. The zero-order valence-corrected chi connectivity index (χ0v) is 10.5. The summed E-state index contributed by atoms with van der Waals surface area (Å²) in [6.45, 7) is 0. The molecule has 2 nitrogen and oxygen atoms in total. The Balaban J connectivity index is 2.10. The van der Waals surface area contributed by atoms with Crippen molar-refractivity contribution in [3.63, 3.8) is 0 Å². The summed E-state index contributed by atoms with van der Waals surface area (Å²) >= 11 is 0. The van der Waals surface area contributed by atoms with Gasteiger partial charge in [-0.2, -0.15) is 0 Å². The van der Waals surface area contributed by atoms with Crippen LogP contribution in [0.3, 0.4) is 0 Å². The van der Waals surface area contributed by atoms with Gasteiger partial charge in [-0.15, -0.1) is 0 Å². The number of nitrogens with two attached hydrogens (primary N) is 1. The summed E-state index contributed by atoms with van der Waals surface area (Å²) < 4.78 is 26.7. The van der Waals surface area contributed by atoms with E-state index in [1.165, 1.54) is 6.07 Å². The van der Waals surface area contributed by atoms with E-state index in [1.807, 2.05) is 42.5 Å². The van der Waals surface area contributed by atoms with E-state index in [0.717, 1.165) is 22.5 Å². The molecule has 20 heavy (non-hydrogen) atoms. The summed E-state index contributed by atoms with van der Waals surface area (Å²) in [5.74, 6) is -1.44. The van der Waals surface area contributed by atoms with Gasteiger partial charge in [-0.3, -0.25) is 0 Å². The number of rotatable bonds is 2. The molecule has 0 aromatic heterocycles. The van der Waals surface area contributed by atoms with Gasteiger partial charge in [0, 0.05) is 17.1 Å². The van der Waals surface area contributed by atoms with Gasteiger partial charge in [0.1, 0.15) is 5.82 Å². The van der Waals surface area contributed by atoms with Crippen molar-refractivity contribution in [3.8, 4) is 0 Å². The minimum absolute atomic E-state index is 0.0978. The first-order chi connectivity index (χ1) is 9.65. The van der Waals surface area contributed by atoms with Crippen LogP contribution in [0, 0.1) is 11.6 Å². The Morgan fingerprint density at radius 1 is 0.850 bits per heavy atom. The zero-order chi connectivity index (χ0) is 14.1. The molecule has 0 aliphatic heterocycles. The van der Waals surface area contributed by atoms with Gasteiger partial charge < -0.3 is 11.1 Å². The molecule has 0 aliphatic rings. The first kappa shape index (κ1) is 12.4. The summed E-state index contributed by atoms with van der Waals surface area (Å²) in [4.78, 5) is 0. The van der Waals surface area contributed by atoms with Crippen LogP contribution in [0.15, 0.2) is 54.6 Å². The van der Waals surface area contributed by atoms with Gasteiger partial charge in [-0.05, 0) is 17.5 Å². The zero-order valence-electron chi connectivity index (χ0n) is 10.5. The second-order valence-electron chi connectivity index (χ2n) is 4.50. The Bertz CT molecular complexity index is 779. The molecule has 100 valence electrons. The third-order valence-corrected chi connectivity index (χ3v) is 3.15. The largest absolute Gasteiger partial charge is 0.395 e. The molecule has 0 saturated heterocycles. The predicted molar refractivity (Wildman–Crippen MR) is 78.0 cm³/mol. The highest BCUT2D eigenvalue weighted by molar-refractivity contribution is 5.96. The molecule has 0 radical (unpaired) electrons. The monoisotopic (exact) mass is 270 g/mol. The fraction of sp³-hybridized carbons (Fsp3) is 0. The van der Waals surface area contributed by atoms with Crippen molar-refractivity contribution >= 4 is 27.8 Å². The van der Waals surface area contributed by atoms with Crippen LogP contribution in [-0.2, 0) is 0 Å². The number of benzene rings is 3. The van der Waals surface area contributed by atoms with Gasteiger partial charge >= 0.3 is 0 Å². The highest BCUT2D eigenvalue weighted by Crippen LogP contribution is 2.30. The molecule has 3 aromatic carbocycles. The molecule has 0 fully saturated rings. The van der Waals surface area contributed by atoms with E-state index in [4.69, 9.17) is 5.73 Å². The van der Waals surface area contributed by atoms with Crippen LogP contribution in [-0.4, -0.2) is 0 Å². The fourth-order valence-electron chi connectivity index (χ4n) is 2.17. The first-order valence-electron chi connectivity index (χ1n) is 6.14. The summed E-state index contributed by atoms with van der Waals surface area (Å²) in [6, 6.07) is 15.4. The van der Waals surface area contributed by atoms with Gasteiger partial charge in [0.05, 0.1) is 11.4 Å². The van der Waals surface area contributed by atoms with Crippen molar-refractivity contribution in [3.05, 3.63) is 66.2 Å². The molecule has 4 heteroatoms. The van der Waals surface area contributed by atoms with E-state index in [-0.39, 0.29) is 11.4 Å². The molecule has 0 bridgehead atoms.